The first kappa shape index (κ1) is 19.2. The van der Waals surface area contributed by atoms with Gasteiger partial charge in [0.1, 0.15) is 17.7 Å². The predicted molar refractivity (Wildman–Crippen MR) is 93.2 cm³/mol. The van der Waals surface area contributed by atoms with Crippen LogP contribution in [0, 0.1) is 23.0 Å². The fourth-order valence-corrected chi connectivity index (χ4v) is 4.51. The largest absolute Gasteiger partial charge is 0.473 e. The van der Waals surface area contributed by atoms with Gasteiger partial charge >= 0.3 is 0 Å². The number of piperidine rings is 1. The third-order valence-electron chi connectivity index (χ3n) is 4.23. The molecule has 1 saturated heterocycles. The second-order valence-corrected chi connectivity index (χ2v) is 8.20. The van der Waals surface area contributed by atoms with E-state index in [1.165, 1.54) is 22.6 Å². The van der Waals surface area contributed by atoms with Crippen LogP contribution in [-0.2, 0) is 15.8 Å². The zero-order valence-corrected chi connectivity index (χ0v) is 15.1. The summed E-state index contributed by atoms with van der Waals surface area (Å²) in [7, 11) is -3.84. The Morgan fingerprint density at radius 1 is 1.30 bits per heavy atom. The highest BCUT2D eigenvalue weighted by Crippen LogP contribution is 2.22. The van der Waals surface area contributed by atoms with Gasteiger partial charge in [0, 0.05) is 24.4 Å². The average Bonchev–Trinajstić information content (AvgIpc) is 2.65. The minimum Gasteiger partial charge on any atom is -0.473 e. The molecule has 0 aliphatic carbocycles. The number of nitriles is 1. The van der Waals surface area contributed by atoms with Gasteiger partial charge in [-0.2, -0.15) is 9.57 Å². The van der Waals surface area contributed by atoms with Crippen molar-refractivity contribution in [2.45, 2.75) is 24.7 Å². The van der Waals surface area contributed by atoms with Crippen LogP contribution in [0.4, 0.5) is 8.78 Å². The Morgan fingerprint density at radius 3 is 2.89 bits per heavy atom. The molecular formula is C18H17F2N3O3S. The number of nitrogens with zero attached hydrogens (tertiary/aromatic N) is 3. The Morgan fingerprint density at radius 2 is 2.11 bits per heavy atom. The molecule has 0 radical (unpaired) electrons. The lowest BCUT2D eigenvalue weighted by molar-refractivity contribution is 0.124. The van der Waals surface area contributed by atoms with E-state index >= 15 is 0 Å². The van der Waals surface area contributed by atoms with Crippen molar-refractivity contribution >= 4 is 10.0 Å². The molecule has 0 unspecified atom stereocenters. The summed E-state index contributed by atoms with van der Waals surface area (Å²) in [5.74, 6) is -1.83. The van der Waals surface area contributed by atoms with Crippen LogP contribution in [0.15, 0.2) is 36.5 Å². The molecule has 1 aliphatic rings. The summed E-state index contributed by atoms with van der Waals surface area (Å²) < 4.78 is 59.3. The van der Waals surface area contributed by atoms with Crippen LogP contribution in [0.25, 0.3) is 0 Å². The van der Waals surface area contributed by atoms with Gasteiger partial charge in [0.25, 0.3) is 0 Å². The van der Waals surface area contributed by atoms with Gasteiger partial charge in [-0.25, -0.2) is 22.2 Å². The molecular weight excluding hydrogens is 376 g/mol. The molecule has 2 heterocycles. The number of halogens is 2. The smallest absolute Gasteiger partial charge is 0.218 e. The van der Waals surface area contributed by atoms with Crippen LogP contribution in [0.5, 0.6) is 5.88 Å². The molecule has 0 spiro atoms. The van der Waals surface area contributed by atoms with Gasteiger partial charge in [-0.1, -0.05) is 0 Å². The minimum absolute atomic E-state index is 0.0811. The SMILES string of the molecule is N#Cc1ccnc(O[C@@H]2CCCN(S(=O)(=O)Cc3cc(F)ccc3F)C2)c1. The molecule has 1 aromatic carbocycles. The van der Waals surface area contributed by atoms with Gasteiger partial charge in [0.05, 0.1) is 23.9 Å². The van der Waals surface area contributed by atoms with Crippen molar-refractivity contribution in [1.29, 1.82) is 5.26 Å². The Kier molecular flexibility index (Phi) is 5.68. The molecule has 6 nitrogen and oxygen atoms in total. The first-order valence-electron chi connectivity index (χ1n) is 8.32. The zero-order chi connectivity index (χ0) is 19.4. The second-order valence-electron chi connectivity index (χ2n) is 6.23. The standard InChI is InChI=1S/C18H17F2N3O3S/c19-15-3-4-17(20)14(9-15)12-27(24,25)23-7-1-2-16(11-23)26-18-8-13(10-21)5-6-22-18/h3-6,8-9,16H,1-2,7,11-12H2/t16-/m1/s1. The van der Waals surface area contributed by atoms with E-state index in [0.717, 1.165) is 18.2 Å². The molecule has 1 atom stereocenters. The minimum atomic E-state index is -3.84. The fraction of sp³-hybridized carbons (Fsp3) is 0.333. The number of rotatable bonds is 5. The molecule has 1 aliphatic heterocycles. The fourth-order valence-electron chi connectivity index (χ4n) is 2.91. The molecule has 0 amide bonds. The summed E-state index contributed by atoms with van der Waals surface area (Å²) in [5.41, 5.74) is 0.184. The van der Waals surface area contributed by atoms with Crippen LogP contribution in [0.1, 0.15) is 24.0 Å². The highest BCUT2D eigenvalue weighted by atomic mass is 32.2. The van der Waals surface area contributed by atoms with Crippen molar-refractivity contribution in [2.75, 3.05) is 13.1 Å². The molecule has 142 valence electrons. The monoisotopic (exact) mass is 393 g/mol. The normalized spacial score (nSPS) is 18.0. The molecule has 2 aromatic rings. The lowest BCUT2D eigenvalue weighted by Crippen LogP contribution is -2.44. The van der Waals surface area contributed by atoms with E-state index in [1.807, 2.05) is 6.07 Å². The predicted octanol–water partition coefficient (Wildman–Crippen LogP) is 2.60. The number of benzene rings is 1. The Balaban J connectivity index is 1.71. The molecule has 3 rings (SSSR count). The molecule has 1 aromatic heterocycles. The zero-order valence-electron chi connectivity index (χ0n) is 14.3. The molecule has 1 fully saturated rings. The molecule has 27 heavy (non-hydrogen) atoms. The second kappa shape index (κ2) is 7.98. The summed E-state index contributed by atoms with van der Waals surface area (Å²) in [4.78, 5) is 4.03. The third kappa shape index (κ3) is 4.78. The van der Waals surface area contributed by atoms with E-state index in [1.54, 1.807) is 0 Å². The van der Waals surface area contributed by atoms with Crippen LogP contribution in [-0.4, -0.2) is 36.9 Å². The number of pyridine rings is 1. The van der Waals surface area contributed by atoms with Crippen molar-refractivity contribution in [2.24, 2.45) is 0 Å². The quantitative estimate of drug-likeness (QED) is 0.780. The Labute approximate surface area is 156 Å². The number of hydrogen-bond donors (Lipinski definition) is 0. The lowest BCUT2D eigenvalue weighted by atomic mass is 10.1. The van der Waals surface area contributed by atoms with Crippen molar-refractivity contribution in [3.8, 4) is 11.9 Å². The number of aromatic nitrogens is 1. The maximum absolute atomic E-state index is 13.8. The van der Waals surface area contributed by atoms with Gasteiger partial charge in [0.15, 0.2) is 0 Å². The van der Waals surface area contributed by atoms with Crippen LogP contribution in [0.2, 0.25) is 0 Å². The maximum Gasteiger partial charge on any atom is 0.218 e. The number of ether oxygens (including phenoxy) is 1. The lowest BCUT2D eigenvalue weighted by Gasteiger charge is -2.31. The van der Waals surface area contributed by atoms with Crippen molar-refractivity contribution < 1.29 is 21.9 Å². The Bertz CT molecular complexity index is 976. The van der Waals surface area contributed by atoms with E-state index < -0.39 is 33.5 Å². The number of hydrogen-bond acceptors (Lipinski definition) is 5. The summed E-state index contributed by atoms with van der Waals surface area (Å²) in [6.07, 6.45) is 2.19. The van der Waals surface area contributed by atoms with Gasteiger partial charge in [-0.15, -0.1) is 0 Å². The van der Waals surface area contributed by atoms with E-state index in [-0.39, 0.29) is 24.5 Å². The maximum atomic E-state index is 13.8. The summed E-state index contributed by atoms with van der Waals surface area (Å²) in [6, 6.07) is 7.75. The number of sulfonamides is 1. The average molecular weight is 393 g/mol. The van der Waals surface area contributed by atoms with Crippen molar-refractivity contribution in [3.63, 3.8) is 0 Å². The van der Waals surface area contributed by atoms with Gasteiger partial charge in [-0.05, 0) is 37.1 Å². The van der Waals surface area contributed by atoms with E-state index in [2.05, 4.69) is 4.98 Å². The molecule has 9 heteroatoms. The topological polar surface area (TPSA) is 83.3 Å². The third-order valence-corrected chi connectivity index (χ3v) is 6.03. The summed E-state index contributed by atoms with van der Waals surface area (Å²) in [6.45, 7) is 0.364. The first-order chi connectivity index (χ1) is 12.9. The molecule has 0 saturated carbocycles. The van der Waals surface area contributed by atoms with Gasteiger partial charge in [0.2, 0.25) is 15.9 Å². The van der Waals surface area contributed by atoms with Gasteiger partial charge < -0.3 is 4.74 Å². The van der Waals surface area contributed by atoms with E-state index in [0.29, 0.717) is 18.4 Å². The van der Waals surface area contributed by atoms with E-state index in [4.69, 9.17) is 10.00 Å². The molecule has 0 N–H and O–H groups in total. The molecule has 0 bridgehead atoms. The summed E-state index contributed by atoms with van der Waals surface area (Å²) in [5, 5.41) is 8.92. The highest BCUT2D eigenvalue weighted by molar-refractivity contribution is 7.88. The van der Waals surface area contributed by atoms with Gasteiger partial charge in [-0.3, -0.25) is 0 Å². The van der Waals surface area contributed by atoms with Crippen molar-refractivity contribution in [1.82, 2.24) is 9.29 Å². The Hall–Kier alpha value is -2.57. The van der Waals surface area contributed by atoms with Crippen molar-refractivity contribution in [3.05, 3.63) is 59.3 Å². The van der Waals surface area contributed by atoms with Crippen LogP contribution in [0.3, 0.4) is 0 Å². The highest BCUT2D eigenvalue weighted by Gasteiger charge is 2.31. The van der Waals surface area contributed by atoms with Crippen LogP contribution < -0.4 is 4.74 Å². The first-order valence-corrected chi connectivity index (χ1v) is 9.93. The van der Waals surface area contributed by atoms with Crippen LogP contribution >= 0.6 is 0 Å². The summed E-state index contributed by atoms with van der Waals surface area (Å²) >= 11 is 0. The van der Waals surface area contributed by atoms with E-state index in [9.17, 15) is 17.2 Å².